The van der Waals surface area contributed by atoms with Crippen molar-refractivity contribution in [3.05, 3.63) is 21.9 Å². The number of urea groups is 1. The van der Waals surface area contributed by atoms with Gasteiger partial charge >= 0.3 is 12.2 Å². The highest BCUT2D eigenvalue weighted by molar-refractivity contribution is 7.10. The second-order valence-corrected chi connectivity index (χ2v) is 4.75. The number of hydrogen-bond acceptors (Lipinski definition) is 3. The molecule has 18 heavy (non-hydrogen) atoms. The molecular formula is C10H9F3N2O2S. The van der Waals surface area contributed by atoms with Gasteiger partial charge in [0.15, 0.2) is 0 Å². The van der Waals surface area contributed by atoms with E-state index in [-0.39, 0.29) is 6.54 Å². The van der Waals surface area contributed by atoms with Gasteiger partial charge in [0.05, 0.1) is 12.6 Å². The van der Waals surface area contributed by atoms with E-state index in [2.05, 4.69) is 5.32 Å². The lowest BCUT2D eigenvalue weighted by molar-refractivity contribution is -0.134. The van der Waals surface area contributed by atoms with Crippen LogP contribution in [-0.4, -0.2) is 23.4 Å². The van der Waals surface area contributed by atoms with Crippen molar-refractivity contribution in [3.8, 4) is 0 Å². The number of nitrogens with one attached hydrogen (secondary N) is 1. The maximum absolute atomic E-state index is 12.4. The van der Waals surface area contributed by atoms with Gasteiger partial charge in [0.1, 0.15) is 4.88 Å². The van der Waals surface area contributed by atoms with Crippen molar-refractivity contribution in [3.63, 3.8) is 0 Å². The van der Waals surface area contributed by atoms with E-state index in [1.807, 2.05) is 0 Å². The molecule has 1 atom stereocenters. The second kappa shape index (κ2) is 4.27. The summed E-state index contributed by atoms with van der Waals surface area (Å²) in [6, 6.07) is -0.312. The number of imide groups is 1. The molecule has 0 radical (unpaired) electrons. The maximum Gasteiger partial charge on any atom is 0.425 e. The predicted molar refractivity (Wildman–Crippen MR) is 58.0 cm³/mol. The zero-order valence-corrected chi connectivity index (χ0v) is 10.1. The first-order valence-corrected chi connectivity index (χ1v) is 5.94. The van der Waals surface area contributed by atoms with Crippen molar-refractivity contribution >= 4 is 23.3 Å². The number of thiophene rings is 1. The molecule has 1 aromatic heterocycles. The highest BCUT2D eigenvalue weighted by Gasteiger charge is 2.36. The van der Waals surface area contributed by atoms with E-state index in [1.165, 1.54) is 12.3 Å². The first-order valence-electron chi connectivity index (χ1n) is 5.06. The summed E-state index contributed by atoms with van der Waals surface area (Å²) in [5, 5.41) is 3.64. The van der Waals surface area contributed by atoms with Crippen LogP contribution in [0.5, 0.6) is 0 Å². The van der Waals surface area contributed by atoms with Crippen LogP contribution in [0.25, 0.3) is 0 Å². The van der Waals surface area contributed by atoms with Crippen molar-refractivity contribution in [2.45, 2.75) is 19.1 Å². The van der Waals surface area contributed by atoms with E-state index < -0.39 is 29.0 Å². The molecule has 2 heterocycles. The molecule has 98 valence electrons. The molecule has 0 aromatic carbocycles. The predicted octanol–water partition coefficient (Wildman–Crippen LogP) is 2.38. The number of hydrogen-bond donors (Lipinski definition) is 1. The number of halogens is 3. The Morgan fingerprint density at radius 3 is 2.56 bits per heavy atom. The Balaban J connectivity index is 2.24. The molecule has 2 rings (SSSR count). The molecule has 1 aromatic rings. The van der Waals surface area contributed by atoms with Crippen LogP contribution in [-0.2, 0) is 11.0 Å². The Labute approximate surface area is 104 Å². The topological polar surface area (TPSA) is 49.4 Å². The van der Waals surface area contributed by atoms with Gasteiger partial charge in [-0.05, 0) is 23.9 Å². The molecule has 1 N–H and O–H groups in total. The van der Waals surface area contributed by atoms with Gasteiger partial charge in [-0.15, -0.1) is 11.3 Å². The smallest absolute Gasteiger partial charge is 0.329 e. The first-order chi connectivity index (χ1) is 8.30. The van der Waals surface area contributed by atoms with Crippen LogP contribution in [0, 0.1) is 0 Å². The fourth-order valence-corrected chi connectivity index (χ4v) is 2.56. The Bertz CT molecular complexity index is 482. The van der Waals surface area contributed by atoms with Crippen molar-refractivity contribution in [1.82, 2.24) is 10.2 Å². The minimum atomic E-state index is -4.40. The average molecular weight is 278 g/mol. The Morgan fingerprint density at radius 2 is 2.11 bits per heavy atom. The van der Waals surface area contributed by atoms with E-state index in [9.17, 15) is 22.8 Å². The van der Waals surface area contributed by atoms with Crippen molar-refractivity contribution in [1.29, 1.82) is 0 Å². The summed E-state index contributed by atoms with van der Waals surface area (Å²) in [4.78, 5) is 23.0. The number of rotatable bonds is 2. The fourth-order valence-electron chi connectivity index (χ4n) is 1.69. The number of amides is 3. The Hall–Kier alpha value is -1.57. The summed E-state index contributed by atoms with van der Waals surface area (Å²) >= 11 is 0.551. The highest BCUT2D eigenvalue weighted by atomic mass is 32.1. The quantitative estimate of drug-likeness (QED) is 0.844. The Morgan fingerprint density at radius 1 is 1.44 bits per heavy atom. The van der Waals surface area contributed by atoms with Crippen LogP contribution in [0.2, 0.25) is 0 Å². The third-order valence-corrected chi connectivity index (χ3v) is 3.64. The second-order valence-electron chi connectivity index (χ2n) is 3.84. The minimum Gasteiger partial charge on any atom is -0.329 e. The van der Waals surface area contributed by atoms with E-state index in [4.69, 9.17) is 0 Å². The lowest BCUT2D eigenvalue weighted by Crippen LogP contribution is -2.33. The third kappa shape index (κ3) is 2.20. The van der Waals surface area contributed by atoms with Crippen LogP contribution in [0.15, 0.2) is 11.4 Å². The molecule has 1 fully saturated rings. The van der Waals surface area contributed by atoms with E-state index >= 15 is 0 Å². The maximum atomic E-state index is 12.4. The number of nitrogens with zero attached hydrogens (tertiary/aromatic N) is 1. The van der Waals surface area contributed by atoms with Gasteiger partial charge in [-0.3, -0.25) is 9.69 Å². The Kier molecular flexibility index (Phi) is 3.05. The van der Waals surface area contributed by atoms with Crippen molar-refractivity contribution < 1.29 is 22.8 Å². The number of carbonyl (C=O) groups is 2. The van der Waals surface area contributed by atoms with E-state index in [1.54, 1.807) is 0 Å². The summed E-state index contributed by atoms with van der Waals surface area (Å²) in [7, 11) is 0. The summed E-state index contributed by atoms with van der Waals surface area (Å²) in [5.41, 5.74) is 0.303. The largest absolute Gasteiger partial charge is 0.425 e. The van der Waals surface area contributed by atoms with Gasteiger partial charge in [0.2, 0.25) is 0 Å². The molecule has 1 unspecified atom stereocenters. The van der Waals surface area contributed by atoms with E-state index in [0.717, 1.165) is 11.0 Å². The van der Waals surface area contributed by atoms with Crippen LogP contribution in [0.4, 0.5) is 18.0 Å². The zero-order valence-electron chi connectivity index (χ0n) is 9.25. The zero-order chi connectivity index (χ0) is 13.5. The lowest BCUT2D eigenvalue weighted by atomic mass is 10.1. The molecule has 0 saturated carbocycles. The molecule has 1 aliphatic heterocycles. The fraction of sp³-hybridized carbons (Fsp3) is 0.400. The molecule has 0 spiro atoms. The number of carbonyl (C=O) groups excluding carboxylic acids is 2. The van der Waals surface area contributed by atoms with Crippen LogP contribution in [0.1, 0.15) is 23.4 Å². The molecule has 4 nitrogen and oxygen atoms in total. The molecule has 3 amide bonds. The first kappa shape index (κ1) is 12.9. The average Bonchev–Trinajstić information content (AvgIpc) is 2.84. The van der Waals surface area contributed by atoms with Gasteiger partial charge in [-0.25, -0.2) is 4.79 Å². The van der Waals surface area contributed by atoms with Gasteiger partial charge in [-0.2, -0.15) is 13.2 Å². The molecule has 0 aliphatic carbocycles. The van der Waals surface area contributed by atoms with E-state index in [0.29, 0.717) is 16.9 Å². The van der Waals surface area contributed by atoms with Crippen LogP contribution in [0.3, 0.4) is 0 Å². The van der Waals surface area contributed by atoms with Gasteiger partial charge in [0.25, 0.3) is 5.91 Å². The van der Waals surface area contributed by atoms with Crippen LogP contribution >= 0.6 is 11.3 Å². The SMILES string of the molecule is CC(c1csc(C(F)(F)F)c1)N1C(=O)CNC1=O. The summed E-state index contributed by atoms with van der Waals surface area (Å²) in [6.45, 7) is 1.41. The van der Waals surface area contributed by atoms with Gasteiger partial charge < -0.3 is 5.32 Å². The van der Waals surface area contributed by atoms with Gasteiger partial charge in [0, 0.05) is 0 Å². The monoisotopic (exact) mass is 278 g/mol. The molecule has 1 aliphatic rings. The molecule has 1 saturated heterocycles. The van der Waals surface area contributed by atoms with Crippen molar-refractivity contribution in [2.24, 2.45) is 0 Å². The highest BCUT2D eigenvalue weighted by Crippen LogP contribution is 2.36. The normalized spacial score (nSPS) is 18.1. The van der Waals surface area contributed by atoms with Crippen molar-refractivity contribution in [2.75, 3.05) is 6.54 Å². The molecule has 0 bridgehead atoms. The minimum absolute atomic E-state index is 0.112. The lowest BCUT2D eigenvalue weighted by Gasteiger charge is -2.20. The summed E-state index contributed by atoms with van der Waals surface area (Å²) in [5.74, 6) is -0.438. The number of alkyl halides is 3. The van der Waals surface area contributed by atoms with Crippen LogP contribution < -0.4 is 5.32 Å². The molecular weight excluding hydrogens is 269 g/mol. The standard InChI is InChI=1S/C10H9F3N2O2S/c1-5(15-8(16)3-14-9(15)17)6-2-7(18-4-6)10(11,12)13/h2,4-5H,3H2,1H3,(H,14,17). The third-order valence-electron chi connectivity index (χ3n) is 2.65. The molecule has 8 heteroatoms. The van der Waals surface area contributed by atoms with Gasteiger partial charge in [-0.1, -0.05) is 0 Å². The summed E-state index contributed by atoms with van der Waals surface area (Å²) in [6.07, 6.45) is -4.40. The summed E-state index contributed by atoms with van der Waals surface area (Å²) < 4.78 is 37.3.